The van der Waals surface area contributed by atoms with Crippen molar-refractivity contribution in [1.82, 2.24) is 15.5 Å². The lowest BCUT2D eigenvalue weighted by atomic mass is 10.2. The van der Waals surface area contributed by atoms with Crippen LogP contribution in [0, 0.1) is 0 Å². The molecule has 118 valence electrons. The van der Waals surface area contributed by atoms with Crippen LogP contribution in [0.5, 0.6) is 0 Å². The Morgan fingerprint density at radius 2 is 2.15 bits per heavy atom. The van der Waals surface area contributed by atoms with Gasteiger partial charge in [-0.25, -0.2) is 0 Å². The van der Waals surface area contributed by atoms with Gasteiger partial charge in [-0.15, -0.1) is 24.0 Å². The molecule has 4 nitrogen and oxygen atoms in total. The van der Waals surface area contributed by atoms with Crippen molar-refractivity contribution < 1.29 is 0 Å². The fraction of sp³-hybridized carbons (Fsp3) is 0.929. The number of rotatable bonds is 5. The smallest absolute Gasteiger partial charge is 0.191 e. The van der Waals surface area contributed by atoms with Crippen molar-refractivity contribution in [1.29, 1.82) is 0 Å². The highest BCUT2D eigenvalue weighted by Crippen LogP contribution is 2.25. The van der Waals surface area contributed by atoms with Crippen molar-refractivity contribution in [2.24, 2.45) is 4.99 Å². The molecule has 2 aliphatic heterocycles. The third-order valence-electron chi connectivity index (χ3n) is 4.00. The van der Waals surface area contributed by atoms with Gasteiger partial charge in [-0.05, 0) is 52.0 Å². The van der Waals surface area contributed by atoms with Crippen LogP contribution >= 0.6 is 35.7 Å². The second-order valence-electron chi connectivity index (χ2n) is 5.51. The number of hydrogen-bond acceptors (Lipinski definition) is 3. The van der Waals surface area contributed by atoms with Gasteiger partial charge in [0.15, 0.2) is 5.96 Å². The summed E-state index contributed by atoms with van der Waals surface area (Å²) >= 11 is 2.09. The van der Waals surface area contributed by atoms with Gasteiger partial charge in [0.1, 0.15) is 0 Å². The lowest BCUT2D eigenvalue weighted by Crippen LogP contribution is -2.41. The highest BCUT2D eigenvalue weighted by atomic mass is 127. The van der Waals surface area contributed by atoms with Crippen LogP contribution in [-0.2, 0) is 0 Å². The van der Waals surface area contributed by atoms with Gasteiger partial charge in [0.2, 0.25) is 0 Å². The van der Waals surface area contributed by atoms with E-state index in [1.54, 1.807) is 0 Å². The summed E-state index contributed by atoms with van der Waals surface area (Å²) in [5.74, 6) is 2.32. The van der Waals surface area contributed by atoms with Gasteiger partial charge in [0.05, 0.1) is 6.54 Å². The first-order chi connectivity index (χ1) is 9.29. The highest BCUT2D eigenvalue weighted by molar-refractivity contribution is 14.0. The van der Waals surface area contributed by atoms with Gasteiger partial charge in [-0.2, -0.15) is 11.8 Å². The van der Waals surface area contributed by atoms with E-state index in [9.17, 15) is 0 Å². The Bertz CT molecular complexity index is 295. The van der Waals surface area contributed by atoms with Gasteiger partial charge in [-0.1, -0.05) is 0 Å². The zero-order valence-electron chi connectivity index (χ0n) is 12.7. The molecule has 0 saturated carbocycles. The Labute approximate surface area is 144 Å². The third-order valence-corrected chi connectivity index (χ3v) is 5.40. The fourth-order valence-electron chi connectivity index (χ4n) is 2.76. The standard InChI is InChI=1S/C14H28N4S.HI/c1-3-15-14(17-11-13-7-5-9-19-13)16-10-12-6-4-8-18(12)2;/h12-13H,3-11H2,1-2H3,(H2,15,16,17);1H. The number of nitrogens with zero attached hydrogens (tertiary/aromatic N) is 2. The molecule has 2 N–H and O–H groups in total. The van der Waals surface area contributed by atoms with Crippen LogP contribution in [-0.4, -0.2) is 61.1 Å². The maximum atomic E-state index is 4.75. The fourth-order valence-corrected chi connectivity index (χ4v) is 3.97. The molecule has 20 heavy (non-hydrogen) atoms. The molecule has 2 atom stereocenters. The van der Waals surface area contributed by atoms with Crippen LogP contribution in [0.2, 0.25) is 0 Å². The van der Waals surface area contributed by atoms with Gasteiger partial charge >= 0.3 is 0 Å². The number of aliphatic imine (C=N–C) groups is 1. The largest absolute Gasteiger partial charge is 0.357 e. The third kappa shape index (κ3) is 5.97. The molecule has 2 fully saturated rings. The zero-order chi connectivity index (χ0) is 13.5. The molecule has 0 amide bonds. The number of hydrogen-bond donors (Lipinski definition) is 2. The summed E-state index contributed by atoms with van der Waals surface area (Å²) in [5, 5.41) is 7.63. The van der Waals surface area contributed by atoms with Crippen molar-refractivity contribution in [3.05, 3.63) is 0 Å². The Kier molecular flexibility index (Phi) is 9.28. The molecular formula is C14H29IN4S. The summed E-state index contributed by atoms with van der Waals surface area (Å²) in [6.07, 6.45) is 5.33. The van der Waals surface area contributed by atoms with Gasteiger partial charge < -0.3 is 15.5 Å². The van der Waals surface area contributed by atoms with Crippen molar-refractivity contribution in [2.45, 2.75) is 43.9 Å². The normalized spacial score (nSPS) is 27.4. The maximum absolute atomic E-state index is 4.75. The average Bonchev–Trinajstić information content (AvgIpc) is 3.04. The molecule has 2 unspecified atom stereocenters. The molecule has 2 saturated heterocycles. The molecule has 0 aromatic rings. The van der Waals surface area contributed by atoms with Crippen molar-refractivity contribution in [2.75, 3.05) is 39.0 Å². The SMILES string of the molecule is CCNC(=NCC1CCCN1C)NCC1CCCS1.I. The summed E-state index contributed by atoms with van der Waals surface area (Å²) in [5.41, 5.74) is 0. The minimum atomic E-state index is 0. The van der Waals surface area contributed by atoms with Crippen LogP contribution in [0.1, 0.15) is 32.6 Å². The quantitative estimate of drug-likeness (QED) is 0.413. The van der Waals surface area contributed by atoms with E-state index in [-0.39, 0.29) is 24.0 Å². The molecule has 2 aliphatic rings. The first-order valence-electron chi connectivity index (χ1n) is 7.63. The molecule has 2 heterocycles. The molecule has 0 spiro atoms. The second kappa shape index (κ2) is 10.1. The van der Waals surface area contributed by atoms with E-state index in [1.807, 2.05) is 0 Å². The summed E-state index contributed by atoms with van der Waals surface area (Å²) in [7, 11) is 2.21. The summed E-state index contributed by atoms with van der Waals surface area (Å²) in [4.78, 5) is 7.18. The van der Waals surface area contributed by atoms with Crippen LogP contribution in [0.15, 0.2) is 4.99 Å². The molecule has 0 bridgehead atoms. The Morgan fingerprint density at radius 1 is 1.30 bits per heavy atom. The predicted molar refractivity (Wildman–Crippen MR) is 101 cm³/mol. The number of likely N-dealkylation sites (N-methyl/N-ethyl adjacent to an activating group) is 1. The Hall–Kier alpha value is 0.310. The Morgan fingerprint density at radius 3 is 2.75 bits per heavy atom. The van der Waals surface area contributed by atoms with E-state index in [0.717, 1.165) is 30.8 Å². The van der Waals surface area contributed by atoms with Gasteiger partial charge in [0, 0.05) is 24.4 Å². The molecule has 0 radical (unpaired) electrons. The number of thioether (sulfide) groups is 1. The lowest BCUT2D eigenvalue weighted by Gasteiger charge is -2.19. The predicted octanol–water partition coefficient (Wildman–Crippen LogP) is 2.15. The van der Waals surface area contributed by atoms with Crippen molar-refractivity contribution in [3.63, 3.8) is 0 Å². The summed E-state index contributed by atoms with van der Waals surface area (Å²) in [6.45, 7) is 6.26. The minimum Gasteiger partial charge on any atom is -0.357 e. The lowest BCUT2D eigenvalue weighted by molar-refractivity contribution is 0.317. The van der Waals surface area contributed by atoms with Crippen molar-refractivity contribution in [3.8, 4) is 0 Å². The van der Waals surface area contributed by atoms with E-state index >= 15 is 0 Å². The average molecular weight is 412 g/mol. The van der Waals surface area contributed by atoms with E-state index in [0.29, 0.717) is 6.04 Å². The number of likely N-dealkylation sites (tertiary alicyclic amines) is 1. The van der Waals surface area contributed by atoms with E-state index in [2.05, 4.69) is 41.3 Å². The topological polar surface area (TPSA) is 39.7 Å². The van der Waals surface area contributed by atoms with Gasteiger partial charge in [0.25, 0.3) is 0 Å². The molecule has 0 aromatic heterocycles. The van der Waals surface area contributed by atoms with E-state index in [4.69, 9.17) is 4.99 Å². The summed E-state index contributed by atoms with van der Waals surface area (Å²) < 4.78 is 0. The summed E-state index contributed by atoms with van der Waals surface area (Å²) in [6, 6.07) is 0.635. The molecule has 2 rings (SSSR count). The second-order valence-corrected chi connectivity index (χ2v) is 6.92. The molecule has 0 aliphatic carbocycles. The number of guanidine groups is 1. The van der Waals surface area contributed by atoms with Crippen molar-refractivity contribution >= 4 is 41.7 Å². The molecular weight excluding hydrogens is 383 g/mol. The van der Waals surface area contributed by atoms with Gasteiger partial charge in [-0.3, -0.25) is 4.99 Å². The van der Waals surface area contributed by atoms with E-state index < -0.39 is 0 Å². The first kappa shape index (κ1) is 18.4. The van der Waals surface area contributed by atoms with Crippen LogP contribution in [0.3, 0.4) is 0 Å². The Balaban J connectivity index is 0.00000200. The highest BCUT2D eigenvalue weighted by Gasteiger charge is 2.20. The monoisotopic (exact) mass is 412 g/mol. The molecule has 6 heteroatoms. The van der Waals surface area contributed by atoms with Crippen LogP contribution in [0.25, 0.3) is 0 Å². The zero-order valence-corrected chi connectivity index (χ0v) is 15.9. The van der Waals surface area contributed by atoms with E-state index in [1.165, 1.54) is 38.0 Å². The maximum Gasteiger partial charge on any atom is 0.191 e. The molecule has 0 aromatic carbocycles. The number of nitrogens with one attached hydrogen (secondary N) is 2. The number of halogens is 1. The van der Waals surface area contributed by atoms with Crippen LogP contribution < -0.4 is 10.6 Å². The minimum absolute atomic E-state index is 0. The first-order valence-corrected chi connectivity index (χ1v) is 8.68. The van der Waals surface area contributed by atoms with Crippen LogP contribution in [0.4, 0.5) is 0 Å².